The van der Waals surface area contributed by atoms with Crippen LogP contribution in [-0.2, 0) is 0 Å². The highest BCUT2D eigenvalue weighted by Gasteiger charge is 2.27. The number of hydrogen-bond acceptors (Lipinski definition) is 3. The number of Topliss-reactive ketones (excluding diaryl/α,β-unsaturated/α-hetero) is 1. The summed E-state index contributed by atoms with van der Waals surface area (Å²) in [6, 6.07) is 3.69. The normalized spacial score (nSPS) is 19.1. The third-order valence-electron chi connectivity index (χ3n) is 3.38. The molecule has 0 saturated carbocycles. The average Bonchev–Trinajstić information content (AvgIpc) is 2.28. The summed E-state index contributed by atoms with van der Waals surface area (Å²) in [7, 11) is 0. The maximum atomic E-state index is 11.4. The summed E-state index contributed by atoms with van der Waals surface area (Å²) in [6.07, 6.45) is 4.18. The van der Waals surface area contributed by atoms with Gasteiger partial charge in [0.1, 0.15) is 5.82 Å². The number of carbonyl (C=O) groups excluding carboxylic acids is 1. The number of pyridine rings is 1. The Labute approximate surface area is 103 Å². The summed E-state index contributed by atoms with van der Waals surface area (Å²) >= 11 is 0. The largest absolute Gasteiger partial charge is 0.356 e. The first-order chi connectivity index (χ1) is 7.98. The first-order valence-corrected chi connectivity index (χ1v) is 6.20. The van der Waals surface area contributed by atoms with Gasteiger partial charge in [-0.1, -0.05) is 13.8 Å². The van der Waals surface area contributed by atoms with Crippen molar-refractivity contribution < 1.29 is 4.79 Å². The van der Waals surface area contributed by atoms with Crippen LogP contribution in [0.2, 0.25) is 0 Å². The first-order valence-electron chi connectivity index (χ1n) is 6.20. The van der Waals surface area contributed by atoms with Gasteiger partial charge in [-0.15, -0.1) is 0 Å². The molecule has 2 heterocycles. The van der Waals surface area contributed by atoms with Crippen molar-refractivity contribution in [3.8, 4) is 0 Å². The number of rotatable bonds is 2. The van der Waals surface area contributed by atoms with Crippen molar-refractivity contribution in [2.24, 2.45) is 5.41 Å². The van der Waals surface area contributed by atoms with Gasteiger partial charge in [0.05, 0.1) is 0 Å². The topological polar surface area (TPSA) is 33.2 Å². The lowest BCUT2D eigenvalue weighted by Gasteiger charge is -2.38. The zero-order valence-corrected chi connectivity index (χ0v) is 10.9. The summed E-state index contributed by atoms with van der Waals surface area (Å²) in [6.45, 7) is 8.22. The number of hydrogen-bond donors (Lipinski definition) is 0. The van der Waals surface area contributed by atoms with Gasteiger partial charge >= 0.3 is 0 Å². The maximum Gasteiger partial charge on any atom is 0.159 e. The molecule has 0 amide bonds. The maximum absolute atomic E-state index is 11.4. The summed E-state index contributed by atoms with van der Waals surface area (Å²) in [4.78, 5) is 18.0. The lowest BCUT2D eigenvalue weighted by molar-refractivity contribution is 0.101. The SMILES string of the molecule is CC(=O)c1ccnc(N2CCCC(C)(C)C2)c1. The minimum Gasteiger partial charge on any atom is -0.356 e. The minimum absolute atomic E-state index is 0.102. The van der Waals surface area contributed by atoms with E-state index in [1.807, 2.05) is 6.07 Å². The number of anilines is 1. The molecule has 0 unspecified atom stereocenters. The number of piperidine rings is 1. The van der Waals surface area contributed by atoms with Gasteiger partial charge in [0, 0.05) is 24.8 Å². The van der Waals surface area contributed by atoms with Gasteiger partial charge in [0.2, 0.25) is 0 Å². The van der Waals surface area contributed by atoms with Crippen LogP contribution in [0.5, 0.6) is 0 Å². The van der Waals surface area contributed by atoms with E-state index in [9.17, 15) is 4.79 Å². The molecule has 17 heavy (non-hydrogen) atoms. The van der Waals surface area contributed by atoms with Gasteiger partial charge in [-0.05, 0) is 37.3 Å². The molecule has 0 atom stereocenters. The van der Waals surface area contributed by atoms with Crippen molar-refractivity contribution in [2.45, 2.75) is 33.6 Å². The zero-order chi connectivity index (χ0) is 12.5. The Morgan fingerprint density at radius 1 is 1.47 bits per heavy atom. The van der Waals surface area contributed by atoms with E-state index in [0.29, 0.717) is 5.41 Å². The number of carbonyl (C=O) groups is 1. The quantitative estimate of drug-likeness (QED) is 0.735. The Bertz CT molecular complexity index is 426. The van der Waals surface area contributed by atoms with Crippen LogP contribution in [-0.4, -0.2) is 23.9 Å². The van der Waals surface area contributed by atoms with Crippen LogP contribution in [0.25, 0.3) is 0 Å². The van der Waals surface area contributed by atoms with Gasteiger partial charge in [0.15, 0.2) is 5.78 Å². The summed E-state index contributed by atoms with van der Waals surface area (Å²) in [5.41, 5.74) is 1.09. The fourth-order valence-corrected chi connectivity index (χ4v) is 2.43. The predicted octanol–water partition coefficient (Wildman–Crippen LogP) is 2.91. The molecular formula is C14H20N2O. The van der Waals surface area contributed by atoms with E-state index in [1.54, 1.807) is 19.2 Å². The van der Waals surface area contributed by atoms with Crippen molar-refractivity contribution in [3.63, 3.8) is 0 Å². The average molecular weight is 232 g/mol. The highest BCUT2D eigenvalue weighted by molar-refractivity contribution is 5.94. The van der Waals surface area contributed by atoms with Crippen LogP contribution in [0.3, 0.4) is 0 Å². The standard InChI is InChI=1S/C14H20N2O/c1-11(17)12-5-7-15-13(9-12)16-8-4-6-14(2,3)10-16/h5,7,9H,4,6,8,10H2,1-3H3. The second kappa shape index (κ2) is 4.47. The van der Waals surface area contributed by atoms with Crippen molar-refractivity contribution in [2.75, 3.05) is 18.0 Å². The van der Waals surface area contributed by atoms with Gasteiger partial charge < -0.3 is 4.90 Å². The monoisotopic (exact) mass is 232 g/mol. The van der Waals surface area contributed by atoms with E-state index >= 15 is 0 Å². The molecule has 1 fully saturated rings. The van der Waals surface area contributed by atoms with E-state index < -0.39 is 0 Å². The Morgan fingerprint density at radius 3 is 2.88 bits per heavy atom. The Morgan fingerprint density at radius 2 is 2.24 bits per heavy atom. The Hall–Kier alpha value is -1.38. The van der Waals surface area contributed by atoms with Gasteiger partial charge in [-0.25, -0.2) is 4.98 Å². The van der Waals surface area contributed by atoms with E-state index in [4.69, 9.17) is 0 Å². The molecule has 1 aliphatic heterocycles. The van der Waals surface area contributed by atoms with Crippen LogP contribution in [0.1, 0.15) is 44.0 Å². The molecular weight excluding hydrogens is 212 g/mol. The summed E-state index contributed by atoms with van der Waals surface area (Å²) < 4.78 is 0. The third kappa shape index (κ3) is 2.84. The summed E-state index contributed by atoms with van der Waals surface area (Å²) in [5, 5.41) is 0. The lowest BCUT2D eigenvalue weighted by Crippen LogP contribution is -2.40. The van der Waals surface area contributed by atoms with Gasteiger partial charge in [-0.2, -0.15) is 0 Å². The van der Waals surface area contributed by atoms with Crippen LogP contribution < -0.4 is 4.90 Å². The smallest absolute Gasteiger partial charge is 0.159 e. The van der Waals surface area contributed by atoms with Crippen molar-refractivity contribution in [3.05, 3.63) is 23.9 Å². The Kier molecular flexibility index (Phi) is 3.18. The highest BCUT2D eigenvalue weighted by atomic mass is 16.1. The molecule has 0 aromatic carbocycles. The molecule has 3 heteroatoms. The van der Waals surface area contributed by atoms with Crippen molar-refractivity contribution >= 4 is 11.6 Å². The zero-order valence-electron chi connectivity index (χ0n) is 10.9. The summed E-state index contributed by atoms with van der Waals surface area (Å²) in [5.74, 6) is 1.04. The number of ketones is 1. The first kappa shape index (κ1) is 12.1. The molecule has 2 rings (SSSR count). The fourth-order valence-electron chi connectivity index (χ4n) is 2.43. The molecule has 0 spiro atoms. The van der Waals surface area contributed by atoms with Crippen molar-refractivity contribution in [1.82, 2.24) is 4.98 Å². The molecule has 0 radical (unpaired) electrons. The minimum atomic E-state index is 0.102. The molecule has 1 saturated heterocycles. The molecule has 1 aromatic rings. The predicted molar refractivity (Wildman–Crippen MR) is 69.5 cm³/mol. The third-order valence-corrected chi connectivity index (χ3v) is 3.38. The number of aromatic nitrogens is 1. The highest BCUT2D eigenvalue weighted by Crippen LogP contribution is 2.30. The molecule has 0 aliphatic carbocycles. The Balaban J connectivity index is 2.22. The van der Waals surface area contributed by atoms with Crippen molar-refractivity contribution in [1.29, 1.82) is 0 Å². The molecule has 1 aromatic heterocycles. The van der Waals surface area contributed by atoms with Gasteiger partial charge in [0.25, 0.3) is 0 Å². The van der Waals surface area contributed by atoms with Crippen LogP contribution >= 0.6 is 0 Å². The molecule has 92 valence electrons. The van der Waals surface area contributed by atoms with E-state index in [1.165, 1.54) is 12.8 Å². The van der Waals surface area contributed by atoms with Crippen LogP contribution in [0.4, 0.5) is 5.82 Å². The van der Waals surface area contributed by atoms with E-state index in [-0.39, 0.29) is 5.78 Å². The van der Waals surface area contributed by atoms with Crippen LogP contribution in [0.15, 0.2) is 18.3 Å². The molecule has 1 aliphatic rings. The molecule has 3 nitrogen and oxygen atoms in total. The van der Waals surface area contributed by atoms with Gasteiger partial charge in [-0.3, -0.25) is 4.79 Å². The van der Waals surface area contributed by atoms with E-state index in [2.05, 4.69) is 23.7 Å². The second-order valence-electron chi connectivity index (χ2n) is 5.65. The molecule has 0 bridgehead atoms. The second-order valence-corrected chi connectivity index (χ2v) is 5.65. The molecule has 0 N–H and O–H groups in total. The van der Waals surface area contributed by atoms with Crippen LogP contribution in [0, 0.1) is 5.41 Å². The lowest BCUT2D eigenvalue weighted by atomic mass is 9.84. The fraction of sp³-hybridized carbons (Fsp3) is 0.571. The van der Waals surface area contributed by atoms with E-state index in [0.717, 1.165) is 24.5 Å². The number of nitrogens with zero attached hydrogens (tertiary/aromatic N) is 2.